The van der Waals surface area contributed by atoms with E-state index in [9.17, 15) is 9.59 Å². The predicted molar refractivity (Wildman–Crippen MR) is 68.7 cm³/mol. The molecule has 1 aromatic rings. The standard InChI is InChI=1S/C14H17NO4/c1-15(13(16)14(17)18-2)9-10-5-6-12-11(8-10)4-3-7-19-12/h5-6,8H,3-4,7,9H2,1-2H3. The van der Waals surface area contributed by atoms with Crippen molar-refractivity contribution in [2.45, 2.75) is 19.4 Å². The summed E-state index contributed by atoms with van der Waals surface area (Å²) < 4.78 is 9.94. The van der Waals surface area contributed by atoms with Crippen LogP contribution in [0.15, 0.2) is 18.2 Å². The van der Waals surface area contributed by atoms with E-state index in [0.29, 0.717) is 6.54 Å². The van der Waals surface area contributed by atoms with E-state index in [1.807, 2.05) is 18.2 Å². The summed E-state index contributed by atoms with van der Waals surface area (Å²) in [6.45, 7) is 1.13. The van der Waals surface area contributed by atoms with Gasteiger partial charge >= 0.3 is 11.9 Å². The molecule has 102 valence electrons. The molecular weight excluding hydrogens is 246 g/mol. The van der Waals surface area contributed by atoms with E-state index in [0.717, 1.165) is 36.3 Å². The van der Waals surface area contributed by atoms with Crippen LogP contribution in [0.1, 0.15) is 17.5 Å². The number of amides is 1. The number of benzene rings is 1. The highest BCUT2D eigenvalue weighted by Gasteiger charge is 2.19. The molecule has 0 aromatic heterocycles. The van der Waals surface area contributed by atoms with Crippen LogP contribution in [0.4, 0.5) is 0 Å². The summed E-state index contributed by atoms with van der Waals surface area (Å²) in [5.41, 5.74) is 2.13. The summed E-state index contributed by atoms with van der Waals surface area (Å²) in [7, 11) is 2.78. The highest BCUT2D eigenvalue weighted by atomic mass is 16.5. The molecule has 0 radical (unpaired) electrons. The van der Waals surface area contributed by atoms with Gasteiger partial charge in [-0.05, 0) is 30.0 Å². The topological polar surface area (TPSA) is 55.8 Å². The second-order valence-electron chi connectivity index (χ2n) is 4.55. The maximum absolute atomic E-state index is 11.6. The molecule has 0 aliphatic carbocycles. The van der Waals surface area contributed by atoms with E-state index in [-0.39, 0.29) is 0 Å². The molecule has 0 unspecified atom stereocenters. The Bertz CT molecular complexity index is 498. The highest BCUT2D eigenvalue weighted by molar-refractivity contribution is 6.32. The highest BCUT2D eigenvalue weighted by Crippen LogP contribution is 2.25. The number of likely N-dealkylation sites (N-methyl/N-ethyl adjacent to an activating group) is 1. The number of aryl methyl sites for hydroxylation is 1. The second kappa shape index (κ2) is 5.73. The van der Waals surface area contributed by atoms with Crippen LogP contribution in [0, 0.1) is 0 Å². The maximum atomic E-state index is 11.6. The molecule has 1 aliphatic heterocycles. The lowest BCUT2D eigenvalue weighted by Gasteiger charge is -2.20. The summed E-state index contributed by atoms with van der Waals surface area (Å²) >= 11 is 0. The van der Waals surface area contributed by atoms with E-state index in [2.05, 4.69) is 4.74 Å². The molecule has 2 rings (SSSR count). The molecule has 0 atom stereocenters. The molecule has 0 fully saturated rings. The van der Waals surface area contributed by atoms with Crippen LogP contribution in [0.5, 0.6) is 5.75 Å². The van der Waals surface area contributed by atoms with Gasteiger partial charge in [0.15, 0.2) is 0 Å². The van der Waals surface area contributed by atoms with E-state index < -0.39 is 11.9 Å². The van der Waals surface area contributed by atoms with Crippen LogP contribution in [-0.4, -0.2) is 37.5 Å². The van der Waals surface area contributed by atoms with Crippen LogP contribution in [0.3, 0.4) is 0 Å². The molecule has 0 saturated heterocycles. The SMILES string of the molecule is COC(=O)C(=O)N(C)Cc1ccc2c(c1)CCCO2. The van der Waals surface area contributed by atoms with Crippen LogP contribution < -0.4 is 4.74 Å². The van der Waals surface area contributed by atoms with Crippen molar-refractivity contribution in [2.75, 3.05) is 20.8 Å². The molecule has 1 heterocycles. The third kappa shape index (κ3) is 3.05. The van der Waals surface area contributed by atoms with Crippen molar-refractivity contribution in [2.24, 2.45) is 0 Å². The number of esters is 1. The molecule has 1 aromatic carbocycles. The van der Waals surface area contributed by atoms with Crippen molar-refractivity contribution in [3.8, 4) is 5.75 Å². The van der Waals surface area contributed by atoms with E-state index in [1.54, 1.807) is 7.05 Å². The van der Waals surface area contributed by atoms with Gasteiger partial charge in [0.1, 0.15) is 5.75 Å². The summed E-state index contributed by atoms with van der Waals surface area (Å²) in [6, 6.07) is 5.85. The fourth-order valence-electron chi connectivity index (χ4n) is 2.10. The first-order valence-corrected chi connectivity index (χ1v) is 6.20. The normalized spacial score (nSPS) is 13.2. The Morgan fingerprint density at radius 1 is 1.42 bits per heavy atom. The molecule has 5 heteroatoms. The molecule has 0 spiro atoms. The predicted octanol–water partition coefficient (Wildman–Crippen LogP) is 1.14. The first-order valence-electron chi connectivity index (χ1n) is 6.20. The molecular formula is C14H17NO4. The summed E-state index contributed by atoms with van der Waals surface area (Å²) in [4.78, 5) is 24.1. The monoisotopic (exact) mass is 263 g/mol. The van der Waals surface area contributed by atoms with Crippen molar-refractivity contribution in [1.82, 2.24) is 4.90 Å². The fourth-order valence-corrected chi connectivity index (χ4v) is 2.10. The summed E-state index contributed by atoms with van der Waals surface area (Å²) in [5, 5.41) is 0. The molecule has 19 heavy (non-hydrogen) atoms. The lowest BCUT2D eigenvalue weighted by atomic mass is 10.0. The number of nitrogens with zero attached hydrogens (tertiary/aromatic N) is 1. The minimum Gasteiger partial charge on any atom is -0.493 e. The summed E-state index contributed by atoms with van der Waals surface area (Å²) in [6.07, 6.45) is 1.99. The lowest BCUT2D eigenvalue weighted by Crippen LogP contribution is -2.33. The third-order valence-corrected chi connectivity index (χ3v) is 3.10. The van der Waals surface area contributed by atoms with Crippen LogP contribution in [0.25, 0.3) is 0 Å². The van der Waals surface area contributed by atoms with Gasteiger partial charge < -0.3 is 14.4 Å². The minimum absolute atomic E-state index is 0.376. The third-order valence-electron chi connectivity index (χ3n) is 3.10. The van der Waals surface area contributed by atoms with Crippen molar-refractivity contribution in [3.63, 3.8) is 0 Å². The Balaban J connectivity index is 2.07. The molecule has 1 amide bonds. The van der Waals surface area contributed by atoms with Crippen molar-refractivity contribution >= 4 is 11.9 Å². The number of hydrogen-bond donors (Lipinski definition) is 0. The average Bonchev–Trinajstić information content (AvgIpc) is 2.45. The van der Waals surface area contributed by atoms with E-state index in [1.165, 1.54) is 12.0 Å². The minimum atomic E-state index is -0.844. The Morgan fingerprint density at radius 3 is 2.95 bits per heavy atom. The maximum Gasteiger partial charge on any atom is 0.396 e. The molecule has 0 N–H and O–H groups in total. The van der Waals surface area contributed by atoms with Crippen molar-refractivity contribution < 1.29 is 19.1 Å². The van der Waals surface area contributed by atoms with Gasteiger partial charge in [0, 0.05) is 13.6 Å². The zero-order valence-electron chi connectivity index (χ0n) is 11.1. The molecule has 0 saturated carbocycles. The first-order chi connectivity index (χ1) is 9.11. The number of carbonyl (C=O) groups is 2. The average molecular weight is 263 g/mol. The van der Waals surface area contributed by atoms with Gasteiger partial charge in [-0.1, -0.05) is 12.1 Å². The van der Waals surface area contributed by atoms with Crippen LogP contribution in [-0.2, 0) is 27.3 Å². The smallest absolute Gasteiger partial charge is 0.396 e. The van der Waals surface area contributed by atoms with Gasteiger partial charge in [0.25, 0.3) is 0 Å². The first kappa shape index (κ1) is 13.4. The van der Waals surface area contributed by atoms with Gasteiger partial charge in [-0.2, -0.15) is 0 Å². The zero-order valence-corrected chi connectivity index (χ0v) is 11.1. The van der Waals surface area contributed by atoms with Gasteiger partial charge in [-0.15, -0.1) is 0 Å². The number of ether oxygens (including phenoxy) is 2. The number of carbonyl (C=O) groups excluding carboxylic acids is 2. The number of methoxy groups -OCH3 is 1. The Kier molecular flexibility index (Phi) is 4.04. The van der Waals surface area contributed by atoms with E-state index in [4.69, 9.17) is 4.74 Å². The van der Waals surface area contributed by atoms with Crippen molar-refractivity contribution in [3.05, 3.63) is 29.3 Å². The van der Waals surface area contributed by atoms with Gasteiger partial charge in [0.2, 0.25) is 0 Å². The summed E-state index contributed by atoms with van der Waals surface area (Å²) in [5.74, 6) is -0.572. The van der Waals surface area contributed by atoms with Gasteiger partial charge in [-0.25, -0.2) is 4.79 Å². The molecule has 0 bridgehead atoms. The quantitative estimate of drug-likeness (QED) is 0.593. The van der Waals surface area contributed by atoms with Gasteiger partial charge in [-0.3, -0.25) is 4.79 Å². The lowest BCUT2D eigenvalue weighted by molar-refractivity contribution is -0.157. The molecule has 1 aliphatic rings. The van der Waals surface area contributed by atoms with E-state index >= 15 is 0 Å². The number of rotatable bonds is 2. The second-order valence-corrected chi connectivity index (χ2v) is 4.55. The van der Waals surface area contributed by atoms with Crippen LogP contribution in [0.2, 0.25) is 0 Å². The Labute approximate surface area is 112 Å². The van der Waals surface area contributed by atoms with Gasteiger partial charge in [0.05, 0.1) is 13.7 Å². The number of fused-ring (bicyclic) bond motifs is 1. The molecule has 5 nitrogen and oxygen atoms in total. The largest absolute Gasteiger partial charge is 0.493 e. The Hall–Kier alpha value is -2.04. The fraction of sp³-hybridized carbons (Fsp3) is 0.429. The van der Waals surface area contributed by atoms with Crippen molar-refractivity contribution in [1.29, 1.82) is 0 Å². The van der Waals surface area contributed by atoms with Crippen LogP contribution >= 0.6 is 0 Å². The zero-order chi connectivity index (χ0) is 13.8. The Morgan fingerprint density at radius 2 is 2.21 bits per heavy atom. The number of hydrogen-bond acceptors (Lipinski definition) is 4.